The van der Waals surface area contributed by atoms with Crippen molar-refractivity contribution in [2.24, 2.45) is 0 Å². The van der Waals surface area contributed by atoms with Crippen molar-refractivity contribution in [1.82, 2.24) is 0 Å². The van der Waals surface area contributed by atoms with Crippen LogP contribution in [0.1, 0.15) is 13.8 Å². The molecule has 0 aromatic heterocycles. The second kappa shape index (κ2) is 6.29. The summed E-state index contributed by atoms with van der Waals surface area (Å²) >= 11 is 6.05. The van der Waals surface area contributed by atoms with Gasteiger partial charge in [-0.2, -0.15) is 0 Å². The van der Waals surface area contributed by atoms with Crippen LogP contribution in [-0.4, -0.2) is 26.0 Å². The first kappa shape index (κ1) is 15.1. The number of rotatable bonds is 4. The molecule has 0 saturated carbocycles. The minimum Gasteiger partial charge on any atom is -0.493 e. The molecule has 2 amide bonds. The molecule has 0 aliphatic rings. The molecule has 0 unspecified atom stereocenters. The van der Waals surface area contributed by atoms with E-state index in [1.807, 2.05) is 0 Å². The highest BCUT2D eigenvalue weighted by Crippen LogP contribution is 2.45. The summed E-state index contributed by atoms with van der Waals surface area (Å²) in [6, 6.07) is 1.49. The van der Waals surface area contributed by atoms with Crippen molar-refractivity contribution in [2.45, 2.75) is 13.8 Å². The fourth-order valence-electron chi connectivity index (χ4n) is 1.60. The molecule has 0 fully saturated rings. The Hall–Kier alpha value is -1.95. The Morgan fingerprint density at radius 1 is 1.05 bits per heavy atom. The first-order chi connectivity index (χ1) is 8.90. The molecule has 0 radical (unpaired) electrons. The van der Waals surface area contributed by atoms with Crippen molar-refractivity contribution in [3.63, 3.8) is 0 Å². The predicted molar refractivity (Wildman–Crippen MR) is 73.2 cm³/mol. The highest BCUT2D eigenvalue weighted by molar-refractivity contribution is 6.33. The summed E-state index contributed by atoms with van der Waals surface area (Å²) in [6.45, 7) is 2.70. The van der Waals surface area contributed by atoms with Gasteiger partial charge in [0.2, 0.25) is 11.8 Å². The van der Waals surface area contributed by atoms with Crippen LogP contribution < -0.4 is 20.1 Å². The lowest BCUT2D eigenvalue weighted by Crippen LogP contribution is -2.12. The summed E-state index contributed by atoms with van der Waals surface area (Å²) in [6.07, 6.45) is 0. The fraction of sp³-hybridized carbons (Fsp3) is 0.333. The van der Waals surface area contributed by atoms with Crippen molar-refractivity contribution in [3.8, 4) is 11.5 Å². The third kappa shape index (κ3) is 3.51. The first-order valence-corrected chi connectivity index (χ1v) is 5.78. The van der Waals surface area contributed by atoms with Crippen molar-refractivity contribution >= 4 is 34.8 Å². The maximum Gasteiger partial charge on any atom is 0.221 e. The largest absolute Gasteiger partial charge is 0.493 e. The predicted octanol–water partition coefficient (Wildman–Crippen LogP) is 2.27. The molecule has 1 aromatic carbocycles. The van der Waals surface area contributed by atoms with Crippen LogP contribution in [0.15, 0.2) is 6.07 Å². The molecule has 0 heterocycles. The molecule has 0 aliphatic heterocycles. The molecule has 0 spiro atoms. The van der Waals surface area contributed by atoms with Gasteiger partial charge in [0.1, 0.15) is 5.69 Å². The number of amides is 2. The molecule has 0 aliphatic carbocycles. The van der Waals surface area contributed by atoms with Crippen molar-refractivity contribution in [2.75, 3.05) is 24.9 Å². The van der Waals surface area contributed by atoms with E-state index in [4.69, 9.17) is 21.1 Å². The Morgan fingerprint density at radius 2 is 1.58 bits per heavy atom. The SMILES string of the molecule is COc1c(Cl)cc(NC(C)=O)c(OC)c1NC(C)=O. The summed E-state index contributed by atoms with van der Waals surface area (Å²) in [7, 11) is 2.84. The van der Waals surface area contributed by atoms with Gasteiger partial charge in [-0.05, 0) is 6.07 Å². The minimum absolute atomic E-state index is 0.246. The standard InChI is InChI=1S/C12H15ClN2O4/c1-6(16)14-9-5-8(13)11(18-3)10(12(9)19-4)15-7(2)17/h5H,1-4H3,(H,14,16)(H,15,17). The van der Waals surface area contributed by atoms with Gasteiger partial charge in [0.05, 0.1) is 24.9 Å². The zero-order valence-corrected chi connectivity index (χ0v) is 11.8. The van der Waals surface area contributed by atoms with Gasteiger partial charge < -0.3 is 20.1 Å². The minimum atomic E-state index is -0.312. The smallest absolute Gasteiger partial charge is 0.221 e. The number of anilines is 2. The molecular weight excluding hydrogens is 272 g/mol. The second-order valence-corrected chi connectivity index (χ2v) is 4.12. The van der Waals surface area contributed by atoms with E-state index in [0.29, 0.717) is 5.69 Å². The Balaban J connectivity index is 3.47. The fourth-order valence-corrected chi connectivity index (χ4v) is 1.88. The molecule has 6 nitrogen and oxygen atoms in total. The van der Waals surface area contributed by atoms with Crippen LogP contribution in [0.4, 0.5) is 11.4 Å². The van der Waals surface area contributed by atoms with Gasteiger partial charge in [0.25, 0.3) is 0 Å². The lowest BCUT2D eigenvalue weighted by Gasteiger charge is -2.18. The van der Waals surface area contributed by atoms with Crippen LogP contribution in [0.2, 0.25) is 5.02 Å². The topological polar surface area (TPSA) is 76.7 Å². The van der Waals surface area contributed by atoms with Gasteiger partial charge in [-0.1, -0.05) is 11.6 Å². The Bertz CT molecular complexity index is 517. The highest BCUT2D eigenvalue weighted by atomic mass is 35.5. The van der Waals surface area contributed by atoms with Gasteiger partial charge in [0.15, 0.2) is 11.5 Å². The van der Waals surface area contributed by atoms with Gasteiger partial charge in [-0.3, -0.25) is 9.59 Å². The first-order valence-electron chi connectivity index (χ1n) is 5.40. The number of nitrogens with one attached hydrogen (secondary N) is 2. The normalized spacial score (nSPS) is 9.74. The van der Waals surface area contributed by atoms with Crippen LogP contribution >= 0.6 is 11.6 Å². The van der Waals surface area contributed by atoms with E-state index in [1.165, 1.54) is 34.1 Å². The Morgan fingerprint density at radius 3 is 2.00 bits per heavy atom. The molecule has 2 N–H and O–H groups in total. The molecule has 104 valence electrons. The lowest BCUT2D eigenvalue weighted by atomic mass is 10.2. The van der Waals surface area contributed by atoms with Crippen LogP contribution in [0, 0.1) is 0 Å². The van der Waals surface area contributed by atoms with E-state index >= 15 is 0 Å². The molecule has 7 heteroatoms. The van der Waals surface area contributed by atoms with Crippen LogP contribution in [0.25, 0.3) is 0 Å². The summed E-state index contributed by atoms with van der Waals surface area (Å²) in [5.74, 6) is -0.0598. The number of benzene rings is 1. The summed E-state index contributed by atoms with van der Waals surface area (Å²) in [5.41, 5.74) is 0.623. The van der Waals surface area contributed by atoms with Gasteiger partial charge in [0, 0.05) is 13.8 Å². The van der Waals surface area contributed by atoms with Gasteiger partial charge in [-0.15, -0.1) is 0 Å². The monoisotopic (exact) mass is 286 g/mol. The number of ether oxygens (including phenoxy) is 2. The quantitative estimate of drug-likeness (QED) is 0.890. The third-order valence-electron chi connectivity index (χ3n) is 2.21. The zero-order valence-electron chi connectivity index (χ0n) is 11.1. The maximum absolute atomic E-state index is 11.2. The number of hydrogen-bond donors (Lipinski definition) is 2. The van der Waals surface area contributed by atoms with Gasteiger partial charge >= 0.3 is 0 Å². The maximum atomic E-state index is 11.2. The van der Waals surface area contributed by atoms with E-state index < -0.39 is 0 Å². The number of carbonyl (C=O) groups excluding carboxylic acids is 2. The second-order valence-electron chi connectivity index (χ2n) is 3.71. The lowest BCUT2D eigenvalue weighted by molar-refractivity contribution is -0.115. The number of hydrogen-bond acceptors (Lipinski definition) is 4. The Kier molecular flexibility index (Phi) is 5.00. The van der Waals surface area contributed by atoms with E-state index in [-0.39, 0.29) is 34.0 Å². The molecule has 1 aromatic rings. The van der Waals surface area contributed by atoms with E-state index in [9.17, 15) is 9.59 Å². The summed E-state index contributed by atoms with van der Waals surface area (Å²) in [5, 5.41) is 5.39. The molecule has 0 atom stereocenters. The van der Waals surface area contributed by atoms with Crippen molar-refractivity contribution in [3.05, 3.63) is 11.1 Å². The number of methoxy groups -OCH3 is 2. The number of carbonyl (C=O) groups is 2. The van der Waals surface area contributed by atoms with Crippen molar-refractivity contribution < 1.29 is 19.1 Å². The van der Waals surface area contributed by atoms with Crippen LogP contribution in [0.3, 0.4) is 0 Å². The van der Waals surface area contributed by atoms with Crippen molar-refractivity contribution in [1.29, 1.82) is 0 Å². The summed E-state index contributed by atoms with van der Waals surface area (Å²) < 4.78 is 10.3. The Labute approximate surface area is 116 Å². The average Bonchev–Trinajstić information content (AvgIpc) is 2.27. The number of halogens is 1. The molecule has 1 rings (SSSR count). The van der Waals surface area contributed by atoms with Gasteiger partial charge in [-0.25, -0.2) is 0 Å². The third-order valence-corrected chi connectivity index (χ3v) is 2.49. The molecule has 0 bridgehead atoms. The zero-order chi connectivity index (χ0) is 14.6. The molecular formula is C12H15ClN2O4. The van der Waals surface area contributed by atoms with E-state index in [1.54, 1.807) is 0 Å². The van der Waals surface area contributed by atoms with E-state index in [2.05, 4.69) is 10.6 Å². The average molecular weight is 287 g/mol. The molecule has 19 heavy (non-hydrogen) atoms. The molecule has 0 saturated heterocycles. The highest BCUT2D eigenvalue weighted by Gasteiger charge is 2.20. The summed E-state index contributed by atoms with van der Waals surface area (Å²) in [4.78, 5) is 22.4. The van der Waals surface area contributed by atoms with Crippen LogP contribution in [-0.2, 0) is 9.59 Å². The van der Waals surface area contributed by atoms with Crippen LogP contribution in [0.5, 0.6) is 11.5 Å². The van der Waals surface area contributed by atoms with E-state index in [0.717, 1.165) is 0 Å².